The number of thiocarbonyl (C=S) groups is 1. The topological polar surface area (TPSA) is 78.1 Å². The number of thioether (sulfide) groups is 1. The van der Waals surface area contributed by atoms with Gasteiger partial charge in [0.15, 0.2) is 0 Å². The Morgan fingerprint density at radius 1 is 1.11 bits per heavy atom. The van der Waals surface area contributed by atoms with Gasteiger partial charge < -0.3 is 5.32 Å². The maximum Gasteiger partial charge on any atom is 0.270 e. The molecule has 196 valence electrons. The minimum absolute atomic E-state index is 0.0444. The molecule has 9 heteroatoms. The highest BCUT2D eigenvalue weighted by Gasteiger charge is 2.32. The molecule has 0 unspecified atom stereocenters. The molecular formula is C28H33FN4O2S2. The summed E-state index contributed by atoms with van der Waals surface area (Å²) in [7, 11) is 0. The van der Waals surface area contributed by atoms with Crippen LogP contribution in [0.3, 0.4) is 0 Å². The summed E-state index contributed by atoms with van der Waals surface area (Å²) >= 11 is 6.76. The summed E-state index contributed by atoms with van der Waals surface area (Å²) in [6, 6.07) is 8.12. The average molecular weight is 541 g/mol. The molecule has 37 heavy (non-hydrogen) atoms. The number of anilines is 1. The fourth-order valence-corrected chi connectivity index (χ4v) is 5.61. The van der Waals surface area contributed by atoms with Crippen molar-refractivity contribution in [2.75, 3.05) is 11.9 Å². The van der Waals surface area contributed by atoms with Gasteiger partial charge in [-0.3, -0.25) is 19.1 Å². The lowest BCUT2D eigenvalue weighted by Crippen LogP contribution is -2.29. The van der Waals surface area contributed by atoms with Crippen molar-refractivity contribution in [2.24, 2.45) is 0 Å². The van der Waals surface area contributed by atoms with Gasteiger partial charge >= 0.3 is 0 Å². The first-order valence-corrected chi connectivity index (χ1v) is 14.0. The van der Waals surface area contributed by atoms with Gasteiger partial charge in [0, 0.05) is 25.2 Å². The van der Waals surface area contributed by atoms with Crippen molar-refractivity contribution in [3.63, 3.8) is 0 Å². The summed E-state index contributed by atoms with van der Waals surface area (Å²) in [6.07, 6.45) is 8.46. The molecule has 0 radical (unpaired) electrons. The SMILES string of the molecule is CCCCCCCCN1C(=O)/C(=C\c2c(C)c(C#N)c(=O)n(CC)c2NCc2ccc(F)cc2)SC1=S. The summed E-state index contributed by atoms with van der Waals surface area (Å²) in [6.45, 7) is 6.98. The molecule has 0 saturated carbocycles. The van der Waals surface area contributed by atoms with Gasteiger partial charge in [-0.05, 0) is 49.6 Å². The largest absolute Gasteiger partial charge is 0.367 e. The molecule has 1 aliphatic rings. The van der Waals surface area contributed by atoms with Crippen LogP contribution in [0.4, 0.5) is 10.2 Å². The number of benzene rings is 1. The van der Waals surface area contributed by atoms with Crippen LogP contribution in [0.5, 0.6) is 0 Å². The van der Waals surface area contributed by atoms with E-state index in [0.29, 0.717) is 45.8 Å². The van der Waals surface area contributed by atoms with Crippen molar-refractivity contribution >= 4 is 46.1 Å². The molecule has 1 saturated heterocycles. The number of unbranched alkanes of at least 4 members (excludes halogenated alkanes) is 5. The minimum Gasteiger partial charge on any atom is -0.367 e. The van der Waals surface area contributed by atoms with Crippen molar-refractivity contribution in [3.8, 4) is 6.07 Å². The number of carbonyl (C=O) groups is 1. The number of nitrogens with zero attached hydrogens (tertiary/aromatic N) is 3. The van der Waals surface area contributed by atoms with E-state index in [4.69, 9.17) is 12.2 Å². The highest BCUT2D eigenvalue weighted by Crippen LogP contribution is 2.35. The number of halogens is 1. The average Bonchev–Trinajstić information content (AvgIpc) is 3.15. The Morgan fingerprint density at radius 2 is 1.78 bits per heavy atom. The Hall–Kier alpha value is -2.96. The maximum absolute atomic E-state index is 13.3. The number of nitrogens with one attached hydrogen (secondary N) is 1. The number of rotatable bonds is 12. The van der Waals surface area contributed by atoms with Gasteiger partial charge in [0.2, 0.25) is 0 Å². The maximum atomic E-state index is 13.3. The standard InChI is InChI=1S/C28H33FN4O2S2/c1-4-6-7-8-9-10-15-33-27(35)24(37-28(33)36)16-22-19(3)23(17-30)26(34)32(5-2)25(22)31-18-20-11-13-21(29)14-12-20/h11-14,16,31H,4-10,15,18H2,1-3H3/b24-16+. The van der Waals surface area contributed by atoms with Crippen molar-refractivity contribution in [1.29, 1.82) is 5.26 Å². The number of amides is 1. The van der Waals surface area contributed by atoms with Crippen LogP contribution in [-0.2, 0) is 17.9 Å². The second kappa shape index (κ2) is 13.5. The van der Waals surface area contributed by atoms with E-state index in [1.165, 1.54) is 47.7 Å². The van der Waals surface area contributed by atoms with Crippen LogP contribution in [0.1, 0.15) is 74.6 Å². The lowest BCUT2D eigenvalue weighted by Gasteiger charge is -2.19. The number of nitriles is 1. The summed E-state index contributed by atoms with van der Waals surface area (Å²) in [5.41, 5.74) is 1.58. The molecule has 0 atom stereocenters. The van der Waals surface area contributed by atoms with E-state index in [1.807, 2.05) is 13.0 Å². The number of pyridine rings is 1. The lowest BCUT2D eigenvalue weighted by molar-refractivity contribution is -0.122. The fraction of sp³-hybridized carbons (Fsp3) is 0.429. The predicted molar refractivity (Wildman–Crippen MR) is 153 cm³/mol. The van der Waals surface area contributed by atoms with Gasteiger partial charge in [0.25, 0.3) is 11.5 Å². The molecule has 0 spiro atoms. The molecular weight excluding hydrogens is 507 g/mol. The van der Waals surface area contributed by atoms with Crippen LogP contribution < -0.4 is 10.9 Å². The monoisotopic (exact) mass is 540 g/mol. The van der Waals surface area contributed by atoms with Crippen molar-refractivity contribution < 1.29 is 9.18 Å². The van der Waals surface area contributed by atoms with Gasteiger partial charge in [0.1, 0.15) is 27.6 Å². The first-order chi connectivity index (χ1) is 17.8. The van der Waals surface area contributed by atoms with E-state index in [1.54, 1.807) is 30.0 Å². The minimum atomic E-state index is -0.392. The van der Waals surface area contributed by atoms with Crippen molar-refractivity contribution in [3.05, 3.63) is 67.6 Å². The highest BCUT2D eigenvalue weighted by atomic mass is 32.2. The summed E-state index contributed by atoms with van der Waals surface area (Å²) in [4.78, 5) is 28.4. The first kappa shape index (κ1) is 28.6. The lowest BCUT2D eigenvalue weighted by atomic mass is 10.0. The first-order valence-electron chi connectivity index (χ1n) is 12.7. The van der Waals surface area contributed by atoms with Gasteiger partial charge in [0.05, 0.1) is 4.91 Å². The van der Waals surface area contributed by atoms with Gasteiger partial charge in [-0.1, -0.05) is 75.1 Å². The quantitative estimate of drug-likeness (QED) is 0.192. The number of hydrogen-bond acceptors (Lipinski definition) is 6. The smallest absolute Gasteiger partial charge is 0.270 e. The van der Waals surface area contributed by atoms with Crippen LogP contribution in [0.15, 0.2) is 34.0 Å². The Balaban J connectivity index is 1.92. The van der Waals surface area contributed by atoms with Crippen LogP contribution >= 0.6 is 24.0 Å². The summed E-state index contributed by atoms with van der Waals surface area (Å²) < 4.78 is 15.4. The van der Waals surface area contributed by atoms with Crippen molar-refractivity contribution in [2.45, 2.75) is 72.4 Å². The van der Waals surface area contributed by atoms with E-state index in [9.17, 15) is 19.2 Å². The molecule has 1 fully saturated rings. The Morgan fingerprint density at radius 3 is 2.43 bits per heavy atom. The van der Waals surface area contributed by atoms with Gasteiger partial charge in [-0.25, -0.2) is 4.39 Å². The number of hydrogen-bond donors (Lipinski definition) is 1. The zero-order valence-corrected chi connectivity index (χ0v) is 23.2. The summed E-state index contributed by atoms with van der Waals surface area (Å²) in [5.74, 6) is 0.0295. The second-order valence-corrected chi connectivity index (χ2v) is 10.7. The molecule has 0 bridgehead atoms. The third-order valence-electron chi connectivity index (χ3n) is 6.45. The molecule has 2 aromatic rings. The third kappa shape index (κ3) is 6.88. The third-order valence-corrected chi connectivity index (χ3v) is 7.83. The number of aromatic nitrogens is 1. The van der Waals surface area contributed by atoms with Crippen LogP contribution in [-0.4, -0.2) is 26.2 Å². The van der Waals surface area contributed by atoms with Crippen LogP contribution in [0.2, 0.25) is 0 Å². The molecule has 2 heterocycles. The van der Waals surface area contributed by atoms with E-state index < -0.39 is 5.56 Å². The van der Waals surface area contributed by atoms with Crippen LogP contribution in [0.25, 0.3) is 6.08 Å². The Bertz CT molecular complexity index is 1280. The molecule has 1 amide bonds. The van der Waals surface area contributed by atoms with E-state index >= 15 is 0 Å². The van der Waals surface area contributed by atoms with Gasteiger partial charge in [-0.2, -0.15) is 5.26 Å². The molecule has 1 aliphatic heterocycles. The molecule has 3 rings (SSSR count). The predicted octanol–water partition coefficient (Wildman–Crippen LogP) is 6.36. The zero-order valence-electron chi connectivity index (χ0n) is 21.6. The Kier molecular flexibility index (Phi) is 10.5. The van der Waals surface area contributed by atoms with Gasteiger partial charge in [-0.15, -0.1) is 0 Å². The molecule has 1 N–H and O–H groups in total. The second-order valence-electron chi connectivity index (χ2n) is 9.00. The summed E-state index contributed by atoms with van der Waals surface area (Å²) in [5, 5.41) is 13.0. The molecule has 0 aliphatic carbocycles. The van der Waals surface area contributed by atoms with E-state index in [-0.39, 0.29) is 17.3 Å². The Labute approximate surface area is 227 Å². The number of carbonyl (C=O) groups excluding carboxylic acids is 1. The molecule has 1 aromatic heterocycles. The molecule has 1 aromatic carbocycles. The van der Waals surface area contributed by atoms with E-state index in [0.717, 1.165) is 24.8 Å². The molecule has 6 nitrogen and oxygen atoms in total. The highest BCUT2D eigenvalue weighted by molar-refractivity contribution is 8.26. The van der Waals surface area contributed by atoms with Crippen molar-refractivity contribution in [1.82, 2.24) is 9.47 Å². The zero-order chi connectivity index (χ0) is 26.9. The fourth-order valence-electron chi connectivity index (χ4n) is 4.32. The normalized spacial score (nSPS) is 14.5. The van der Waals surface area contributed by atoms with E-state index in [2.05, 4.69) is 12.2 Å². The van der Waals surface area contributed by atoms with Crippen LogP contribution in [0, 0.1) is 24.1 Å².